The van der Waals surface area contributed by atoms with E-state index in [9.17, 15) is 4.39 Å². The smallest absolute Gasteiger partial charge is 0.166 e. The van der Waals surface area contributed by atoms with Crippen molar-refractivity contribution >= 4 is 10.9 Å². The summed E-state index contributed by atoms with van der Waals surface area (Å²) >= 11 is 0. The van der Waals surface area contributed by atoms with Crippen LogP contribution >= 0.6 is 0 Å². The van der Waals surface area contributed by atoms with Crippen LogP contribution in [0.3, 0.4) is 0 Å². The van der Waals surface area contributed by atoms with E-state index < -0.39 is 0 Å². The molecule has 0 aliphatic carbocycles. The molecule has 0 bridgehead atoms. The highest BCUT2D eigenvalue weighted by Gasteiger charge is 2.29. The zero-order valence-electron chi connectivity index (χ0n) is 18.5. The van der Waals surface area contributed by atoms with Gasteiger partial charge >= 0.3 is 0 Å². The Hall–Kier alpha value is -2.46. The van der Waals surface area contributed by atoms with E-state index in [1.165, 1.54) is 12.1 Å². The van der Waals surface area contributed by atoms with Crippen molar-refractivity contribution in [3.8, 4) is 11.5 Å². The van der Waals surface area contributed by atoms with E-state index in [1.807, 2.05) is 77.9 Å². The summed E-state index contributed by atoms with van der Waals surface area (Å²) in [5.74, 6) is 1.44. The summed E-state index contributed by atoms with van der Waals surface area (Å²) < 4.78 is 25.5. The summed E-state index contributed by atoms with van der Waals surface area (Å²) in [4.78, 5) is 3.35. The van der Waals surface area contributed by atoms with Gasteiger partial charge in [-0.3, -0.25) is 0 Å². The summed E-state index contributed by atoms with van der Waals surface area (Å²) in [6.45, 7) is 12.2. The van der Waals surface area contributed by atoms with Gasteiger partial charge in [-0.15, -0.1) is 0 Å². The van der Waals surface area contributed by atoms with Crippen molar-refractivity contribution in [1.29, 1.82) is 0 Å². The van der Waals surface area contributed by atoms with Crippen LogP contribution in [0, 0.1) is 5.82 Å². The molecule has 0 spiro atoms. The molecular formula is C26H30FO2S+. The van der Waals surface area contributed by atoms with Crippen LogP contribution in [0.2, 0.25) is 0 Å². The monoisotopic (exact) mass is 425 g/mol. The van der Waals surface area contributed by atoms with E-state index >= 15 is 0 Å². The van der Waals surface area contributed by atoms with E-state index in [1.54, 1.807) is 0 Å². The molecule has 158 valence electrons. The molecule has 0 aliphatic heterocycles. The first-order valence-corrected chi connectivity index (χ1v) is 11.3. The Morgan fingerprint density at radius 1 is 0.533 bits per heavy atom. The van der Waals surface area contributed by atoms with Gasteiger partial charge in [0.1, 0.15) is 28.5 Å². The maximum Gasteiger partial charge on any atom is 0.166 e. The molecule has 0 heterocycles. The van der Waals surface area contributed by atoms with Crippen LogP contribution in [-0.2, 0) is 10.9 Å². The lowest BCUT2D eigenvalue weighted by Crippen LogP contribution is -2.23. The van der Waals surface area contributed by atoms with E-state index in [2.05, 4.69) is 24.3 Å². The fourth-order valence-electron chi connectivity index (χ4n) is 2.97. The first-order valence-electron chi connectivity index (χ1n) is 10.1. The highest BCUT2D eigenvalue weighted by atomic mass is 32.2. The Morgan fingerprint density at radius 3 is 1.13 bits per heavy atom. The van der Waals surface area contributed by atoms with Gasteiger partial charge in [0, 0.05) is 0 Å². The highest BCUT2D eigenvalue weighted by molar-refractivity contribution is 7.97. The Bertz CT molecular complexity index is 891. The van der Waals surface area contributed by atoms with Crippen molar-refractivity contribution < 1.29 is 13.9 Å². The SMILES string of the molecule is CC(C)(C)Oc1ccc([S+](c2ccc(F)cc2)c2ccc(OC(C)(C)C)cc2)cc1. The molecule has 2 nitrogen and oxygen atoms in total. The molecule has 0 fully saturated rings. The summed E-state index contributed by atoms with van der Waals surface area (Å²) in [7, 11) is -0.363. The van der Waals surface area contributed by atoms with Crippen molar-refractivity contribution in [2.45, 2.75) is 67.4 Å². The second kappa shape index (κ2) is 8.73. The molecule has 0 radical (unpaired) electrons. The number of rotatable bonds is 5. The highest BCUT2D eigenvalue weighted by Crippen LogP contribution is 2.34. The summed E-state index contributed by atoms with van der Waals surface area (Å²) in [5.41, 5.74) is -0.494. The van der Waals surface area contributed by atoms with Crippen LogP contribution in [0.5, 0.6) is 11.5 Å². The molecule has 0 aliphatic rings. The Labute approximate surface area is 182 Å². The standard InChI is InChI=1S/C26H30FO2S/c1-25(2,3)28-20-9-15-23(16-10-20)30(22-13-7-19(27)8-14-22)24-17-11-21(12-18-24)29-26(4,5)6/h7-18H,1-6H3/q+1. The topological polar surface area (TPSA) is 18.5 Å². The second-order valence-electron chi connectivity index (χ2n) is 9.13. The van der Waals surface area contributed by atoms with Crippen molar-refractivity contribution in [3.63, 3.8) is 0 Å². The van der Waals surface area contributed by atoms with Crippen LogP contribution in [-0.4, -0.2) is 11.2 Å². The third-order valence-corrected chi connectivity index (χ3v) is 6.25. The molecular weight excluding hydrogens is 395 g/mol. The van der Waals surface area contributed by atoms with Crippen LogP contribution < -0.4 is 9.47 Å². The molecule has 0 atom stereocenters. The van der Waals surface area contributed by atoms with E-state index in [0.717, 1.165) is 26.2 Å². The van der Waals surface area contributed by atoms with Crippen LogP contribution in [0.25, 0.3) is 0 Å². The Balaban J connectivity index is 1.96. The molecule has 0 saturated carbocycles. The maximum atomic E-state index is 13.5. The minimum atomic E-state index is -0.363. The predicted molar refractivity (Wildman–Crippen MR) is 122 cm³/mol. The van der Waals surface area contributed by atoms with Gasteiger partial charge in [-0.05, 0) is 114 Å². The quantitative estimate of drug-likeness (QED) is 0.400. The average Bonchev–Trinajstić information content (AvgIpc) is 2.64. The fraction of sp³-hybridized carbons (Fsp3) is 0.308. The lowest BCUT2D eigenvalue weighted by atomic mass is 10.2. The predicted octanol–water partition coefficient (Wildman–Crippen LogP) is 7.28. The Morgan fingerprint density at radius 2 is 0.833 bits per heavy atom. The molecule has 4 heteroatoms. The third-order valence-electron chi connectivity index (χ3n) is 4.02. The van der Waals surface area contributed by atoms with Crippen molar-refractivity contribution in [2.75, 3.05) is 0 Å². The van der Waals surface area contributed by atoms with Gasteiger partial charge in [-0.1, -0.05) is 0 Å². The summed E-state index contributed by atoms with van der Waals surface area (Å²) in [6.07, 6.45) is 0. The van der Waals surface area contributed by atoms with Crippen molar-refractivity contribution in [2.24, 2.45) is 0 Å². The van der Waals surface area contributed by atoms with Crippen LogP contribution in [0.1, 0.15) is 41.5 Å². The maximum absolute atomic E-state index is 13.5. The van der Waals surface area contributed by atoms with E-state index in [0.29, 0.717) is 0 Å². The molecule has 3 aromatic rings. The Kier molecular flexibility index (Phi) is 6.47. The molecule has 0 saturated heterocycles. The van der Waals surface area contributed by atoms with E-state index in [-0.39, 0.29) is 27.9 Å². The van der Waals surface area contributed by atoms with Gasteiger partial charge in [-0.25, -0.2) is 4.39 Å². The van der Waals surface area contributed by atoms with Gasteiger partial charge < -0.3 is 9.47 Å². The molecule has 0 N–H and O–H groups in total. The minimum Gasteiger partial charge on any atom is -0.488 e. The van der Waals surface area contributed by atoms with E-state index in [4.69, 9.17) is 9.47 Å². The number of benzene rings is 3. The lowest BCUT2D eigenvalue weighted by Gasteiger charge is -2.21. The summed E-state index contributed by atoms with van der Waals surface area (Å²) in [5, 5.41) is 0. The van der Waals surface area contributed by atoms with Crippen LogP contribution in [0.15, 0.2) is 87.5 Å². The molecule has 0 aromatic heterocycles. The molecule has 30 heavy (non-hydrogen) atoms. The summed E-state index contributed by atoms with van der Waals surface area (Å²) in [6, 6.07) is 23.1. The first kappa shape index (κ1) is 22.2. The third kappa shape index (κ3) is 6.27. The van der Waals surface area contributed by atoms with Gasteiger partial charge in [0.25, 0.3) is 0 Å². The normalized spacial score (nSPS) is 12.1. The fourth-order valence-corrected chi connectivity index (χ4v) is 5.01. The number of hydrogen-bond acceptors (Lipinski definition) is 2. The average molecular weight is 426 g/mol. The van der Waals surface area contributed by atoms with Gasteiger partial charge in [-0.2, -0.15) is 0 Å². The largest absolute Gasteiger partial charge is 0.488 e. The molecule has 3 aromatic carbocycles. The van der Waals surface area contributed by atoms with Gasteiger partial charge in [0.15, 0.2) is 14.7 Å². The van der Waals surface area contributed by atoms with Gasteiger partial charge in [0.2, 0.25) is 0 Å². The van der Waals surface area contributed by atoms with Crippen molar-refractivity contribution in [3.05, 3.63) is 78.6 Å². The second-order valence-corrected chi connectivity index (χ2v) is 11.2. The zero-order valence-corrected chi connectivity index (χ0v) is 19.3. The molecule has 3 rings (SSSR count). The van der Waals surface area contributed by atoms with Crippen LogP contribution in [0.4, 0.5) is 4.39 Å². The number of hydrogen-bond donors (Lipinski definition) is 0. The zero-order chi connectivity index (χ0) is 21.9. The molecule has 0 unspecified atom stereocenters. The first-order chi connectivity index (χ1) is 14.0. The van der Waals surface area contributed by atoms with Crippen molar-refractivity contribution in [1.82, 2.24) is 0 Å². The number of halogens is 1. The number of ether oxygens (including phenoxy) is 2. The minimum absolute atomic E-state index is 0.231. The van der Waals surface area contributed by atoms with Gasteiger partial charge in [0.05, 0.1) is 10.9 Å². The molecule has 0 amide bonds. The lowest BCUT2D eigenvalue weighted by molar-refractivity contribution is 0.130.